The first kappa shape index (κ1) is 16.6. The number of aliphatic hydroxyl groups is 1. The molecule has 24 heavy (non-hydrogen) atoms. The number of aliphatic hydroxyl groups excluding tert-OH is 1. The van der Waals surface area contributed by atoms with Gasteiger partial charge in [0.15, 0.2) is 5.76 Å². The third-order valence-corrected chi connectivity index (χ3v) is 4.70. The molecule has 0 spiro atoms. The summed E-state index contributed by atoms with van der Waals surface area (Å²) >= 11 is 0. The molecule has 5 heteroatoms. The van der Waals surface area contributed by atoms with Gasteiger partial charge in [0.2, 0.25) is 0 Å². The summed E-state index contributed by atoms with van der Waals surface area (Å²) in [6, 6.07) is 10.1. The predicted molar refractivity (Wildman–Crippen MR) is 93.1 cm³/mol. The van der Waals surface area contributed by atoms with Crippen LogP contribution in [0.15, 0.2) is 41.0 Å². The summed E-state index contributed by atoms with van der Waals surface area (Å²) in [5, 5.41) is 12.1. The zero-order chi connectivity index (χ0) is 16.9. The zero-order valence-corrected chi connectivity index (χ0v) is 14.0. The van der Waals surface area contributed by atoms with Crippen LogP contribution in [0.5, 0.6) is 0 Å². The Kier molecular flexibility index (Phi) is 5.20. The maximum absolute atomic E-state index is 12.0. The molecule has 1 aromatic heterocycles. The van der Waals surface area contributed by atoms with E-state index in [9.17, 15) is 9.90 Å². The third kappa shape index (κ3) is 3.79. The molecule has 0 saturated carbocycles. The van der Waals surface area contributed by atoms with E-state index in [0.717, 1.165) is 37.1 Å². The molecule has 1 saturated heterocycles. The number of nitrogens with one attached hydrogen (secondary N) is 1. The van der Waals surface area contributed by atoms with Crippen LogP contribution >= 0.6 is 0 Å². The lowest BCUT2D eigenvalue weighted by atomic mass is 9.97. The predicted octanol–water partition coefficient (Wildman–Crippen LogP) is 2.73. The van der Waals surface area contributed by atoms with Crippen LogP contribution in [0.1, 0.15) is 34.5 Å². The van der Waals surface area contributed by atoms with Gasteiger partial charge in [0, 0.05) is 37.5 Å². The van der Waals surface area contributed by atoms with Gasteiger partial charge in [-0.15, -0.1) is 0 Å². The van der Waals surface area contributed by atoms with Crippen molar-refractivity contribution >= 4 is 11.6 Å². The Morgan fingerprint density at radius 3 is 2.54 bits per heavy atom. The number of nitrogens with zero attached hydrogens (tertiary/aromatic N) is 1. The molecule has 2 N–H and O–H groups in total. The van der Waals surface area contributed by atoms with Crippen molar-refractivity contribution in [1.29, 1.82) is 0 Å². The first-order valence-corrected chi connectivity index (χ1v) is 8.44. The second-order valence-electron chi connectivity index (χ2n) is 6.39. The fraction of sp³-hybridized carbons (Fsp3) is 0.421. The first-order valence-electron chi connectivity index (χ1n) is 8.44. The smallest absolute Gasteiger partial charge is 0.287 e. The molecule has 1 aliphatic heterocycles. The molecular formula is C19H24N2O3. The van der Waals surface area contributed by atoms with Crippen molar-refractivity contribution in [3.8, 4) is 0 Å². The second kappa shape index (κ2) is 7.53. The van der Waals surface area contributed by atoms with E-state index in [1.165, 1.54) is 12.0 Å². The Labute approximate surface area is 142 Å². The average Bonchev–Trinajstić information content (AvgIpc) is 3.06. The van der Waals surface area contributed by atoms with Gasteiger partial charge in [-0.05, 0) is 49.4 Å². The highest BCUT2D eigenvalue weighted by Crippen LogP contribution is 2.23. The highest BCUT2D eigenvalue weighted by molar-refractivity contribution is 5.92. The van der Waals surface area contributed by atoms with Crippen molar-refractivity contribution < 1.29 is 14.3 Å². The van der Waals surface area contributed by atoms with Crippen LogP contribution in [0, 0.1) is 12.8 Å². The van der Waals surface area contributed by atoms with Crippen LogP contribution in [0.2, 0.25) is 0 Å². The van der Waals surface area contributed by atoms with E-state index in [0.29, 0.717) is 24.8 Å². The third-order valence-electron chi connectivity index (χ3n) is 4.70. The van der Waals surface area contributed by atoms with E-state index < -0.39 is 0 Å². The number of amides is 1. The van der Waals surface area contributed by atoms with Gasteiger partial charge >= 0.3 is 0 Å². The second-order valence-corrected chi connectivity index (χ2v) is 6.39. The zero-order valence-electron chi connectivity index (χ0n) is 14.0. The minimum absolute atomic E-state index is 0.187. The van der Waals surface area contributed by atoms with Crippen molar-refractivity contribution in [2.45, 2.75) is 26.3 Å². The molecular weight excluding hydrogens is 304 g/mol. The molecule has 0 bridgehead atoms. The summed E-state index contributed by atoms with van der Waals surface area (Å²) < 4.78 is 5.19. The summed E-state index contributed by atoms with van der Waals surface area (Å²) in [5.41, 5.74) is 3.10. The number of rotatable bonds is 5. The number of anilines is 1. The summed E-state index contributed by atoms with van der Waals surface area (Å²) in [5.74, 6) is 0.631. The standard InChI is InChI=1S/C19H24N2O3/c1-14-8-11-24-18(14)19(23)20-12-15-2-4-17(5-3-15)21-9-6-16(13-22)7-10-21/h2-5,8,11,16,22H,6-7,9-10,12-13H2,1H3,(H,20,23). The van der Waals surface area contributed by atoms with Crippen LogP contribution in [-0.4, -0.2) is 30.7 Å². The minimum atomic E-state index is -0.187. The summed E-state index contributed by atoms with van der Waals surface area (Å²) in [7, 11) is 0. The van der Waals surface area contributed by atoms with Crippen molar-refractivity contribution in [3.05, 3.63) is 53.5 Å². The van der Waals surface area contributed by atoms with E-state index in [1.807, 2.05) is 19.1 Å². The lowest BCUT2D eigenvalue weighted by Crippen LogP contribution is -2.34. The Hall–Kier alpha value is -2.27. The molecule has 1 amide bonds. The average molecular weight is 328 g/mol. The van der Waals surface area contributed by atoms with Gasteiger partial charge in [-0.3, -0.25) is 4.79 Å². The van der Waals surface area contributed by atoms with Crippen molar-refractivity contribution in [1.82, 2.24) is 5.32 Å². The molecule has 2 aromatic rings. The van der Waals surface area contributed by atoms with E-state index in [4.69, 9.17) is 4.42 Å². The van der Waals surface area contributed by atoms with Gasteiger partial charge in [0.25, 0.3) is 5.91 Å². The lowest BCUT2D eigenvalue weighted by Gasteiger charge is -2.33. The van der Waals surface area contributed by atoms with E-state index in [2.05, 4.69) is 22.3 Å². The molecule has 0 radical (unpaired) electrons. The SMILES string of the molecule is Cc1ccoc1C(=O)NCc1ccc(N2CCC(CO)CC2)cc1. The number of carbonyl (C=O) groups excluding carboxylic acids is 1. The molecule has 1 aromatic carbocycles. The van der Waals surface area contributed by atoms with Crippen LogP contribution in [0.4, 0.5) is 5.69 Å². The molecule has 0 atom stereocenters. The maximum Gasteiger partial charge on any atom is 0.287 e. The van der Waals surface area contributed by atoms with Crippen LogP contribution in [0.3, 0.4) is 0 Å². The highest BCUT2D eigenvalue weighted by Gasteiger charge is 2.18. The molecule has 0 aliphatic carbocycles. The number of aryl methyl sites for hydroxylation is 1. The van der Waals surface area contributed by atoms with Crippen LogP contribution < -0.4 is 10.2 Å². The number of furan rings is 1. The Bertz CT molecular complexity index is 670. The Morgan fingerprint density at radius 1 is 1.25 bits per heavy atom. The molecule has 5 nitrogen and oxygen atoms in total. The van der Waals surface area contributed by atoms with Crippen molar-refractivity contribution in [3.63, 3.8) is 0 Å². The van der Waals surface area contributed by atoms with Gasteiger partial charge in [-0.1, -0.05) is 12.1 Å². The van der Waals surface area contributed by atoms with Gasteiger partial charge < -0.3 is 19.7 Å². The fourth-order valence-electron chi connectivity index (χ4n) is 3.07. The quantitative estimate of drug-likeness (QED) is 0.886. The summed E-state index contributed by atoms with van der Waals surface area (Å²) in [6.07, 6.45) is 3.60. The number of piperidine rings is 1. The Balaban J connectivity index is 1.53. The molecule has 0 unspecified atom stereocenters. The first-order chi connectivity index (χ1) is 11.7. The largest absolute Gasteiger partial charge is 0.459 e. The number of carbonyl (C=O) groups is 1. The Morgan fingerprint density at radius 2 is 1.96 bits per heavy atom. The lowest BCUT2D eigenvalue weighted by molar-refractivity contribution is 0.0922. The monoisotopic (exact) mass is 328 g/mol. The molecule has 1 fully saturated rings. The molecule has 1 aliphatic rings. The van der Waals surface area contributed by atoms with Gasteiger partial charge in [-0.2, -0.15) is 0 Å². The van der Waals surface area contributed by atoms with E-state index in [-0.39, 0.29) is 5.91 Å². The fourth-order valence-corrected chi connectivity index (χ4v) is 3.07. The van der Waals surface area contributed by atoms with E-state index in [1.54, 1.807) is 6.07 Å². The maximum atomic E-state index is 12.0. The van der Waals surface area contributed by atoms with Gasteiger partial charge in [0.05, 0.1) is 6.26 Å². The minimum Gasteiger partial charge on any atom is -0.459 e. The topological polar surface area (TPSA) is 65.7 Å². The highest BCUT2D eigenvalue weighted by atomic mass is 16.3. The van der Waals surface area contributed by atoms with Crippen molar-refractivity contribution in [2.24, 2.45) is 5.92 Å². The van der Waals surface area contributed by atoms with Gasteiger partial charge in [-0.25, -0.2) is 0 Å². The molecule has 128 valence electrons. The summed E-state index contributed by atoms with van der Waals surface area (Å²) in [4.78, 5) is 14.4. The normalized spacial score (nSPS) is 15.5. The number of hydrogen-bond donors (Lipinski definition) is 2. The summed E-state index contributed by atoms with van der Waals surface area (Å²) in [6.45, 7) is 4.60. The van der Waals surface area contributed by atoms with Crippen molar-refractivity contribution in [2.75, 3.05) is 24.6 Å². The van der Waals surface area contributed by atoms with Gasteiger partial charge in [0.1, 0.15) is 0 Å². The number of benzene rings is 1. The molecule has 3 rings (SSSR count). The molecule has 2 heterocycles. The number of hydrogen-bond acceptors (Lipinski definition) is 4. The van der Waals surface area contributed by atoms with E-state index >= 15 is 0 Å². The van der Waals surface area contributed by atoms with Crippen LogP contribution in [0.25, 0.3) is 0 Å². The van der Waals surface area contributed by atoms with Crippen LogP contribution in [-0.2, 0) is 6.54 Å².